The standard InChI is InChI=1S/C12H18N2O2S2/c1-9(12(2,3)4)8-14-18(15,16)11-6-5-10(7-13)17-11/h5-6,9,14H,8H2,1-4H3. The molecule has 1 heterocycles. The molecule has 0 aliphatic carbocycles. The summed E-state index contributed by atoms with van der Waals surface area (Å²) in [6, 6.07) is 4.92. The lowest BCUT2D eigenvalue weighted by Gasteiger charge is -2.27. The zero-order valence-corrected chi connectivity index (χ0v) is 12.7. The van der Waals surface area contributed by atoms with E-state index in [1.54, 1.807) is 0 Å². The summed E-state index contributed by atoms with van der Waals surface area (Å²) in [7, 11) is -3.49. The molecule has 0 aliphatic heterocycles. The van der Waals surface area contributed by atoms with Crippen LogP contribution in [0.25, 0.3) is 0 Å². The SMILES string of the molecule is CC(CNS(=O)(=O)c1ccc(C#N)s1)C(C)(C)C. The summed E-state index contributed by atoms with van der Waals surface area (Å²) >= 11 is 0.987. The Kier molecular flexibility index (Phi) is 4.54. The molecule has 1 aromatic rings. The van der Waals surface area contributed by atoms with E-state index in [4.69, 9.17) is 5.26 Å². The van der Waals surface area contributed by atoms with E-state index in [9.17, 15) is 8.42 Å². The maximum Gasteiger partial charge on any atom is 0.250 e. The largest absolute Gasteiger partial charge is 0.250 e. The van der Waals surface area contributed by atoms with Gasteiger partial charge in [0.05, 0.1) is 0 Å². The minimum atomic E-state index is -3.49. The van der Waals surface area contributed by atoms with Crippen LogP contribution in [-0.2, 0) is 10.0 Å². The molecule has 1 N–H and O–H groups in total. The number of nitrogens with zero attached hydrogens (tertiary/aromatic N) is 1. The van der Waals surface area contributed by atoms with Gasteiger partial charge in [-0.2, -0.15) is 5.26 Å². The molecule has 0 aromatic carbocycles. The topological polar surface area (TPSA) is 70.0 Å². The first kappa shape index (κ1) is 15.2. The van der Waals surface area contributed by atoms with Gasteiger partial charge >= 0.3 is 0 Å². The fraction of sp³-hybridized carbons (Fsp3) is 0.583. The van der Waals surface area contributed by atoms with E-state index in [0.29, 0.717) is 11.4 Å². The van der Waals surface area contributed by atoms with Crippen LogP contribution in [0.3, 0.4) is 0 Å². The molecule has 0 spiro atoms. The van der Waals surface area contributed by atoms with Crippen LogP contribution >= 0.6 is 11.3 Å². The lowest BCUT2D eigenvalue weighted by molar-refractivity contribution is 0.263. The Labute approximate surface area is 113 Å². The van der Waals surface area contributed by atoms with Crippen LogP contribution < -0.4 is 4.72 Å². The normalized spacial score (nSPS) is 14.2. The maximum absolute atomic E-state index is 12.0. The lowest BCUT2D eigenvalue weighted by atomic mass is 9.82. The number of rotatable bonds is 4. The summed E-state index contributed by atoms with van der Waals surface area (Å²) in [4.78, 5) is 0.402. The number of nitriles is 1. The van der Waals surface area contributed by atoms with Gasteiger partial charge in [-0.3, -0.25) is 0 Å². The van der Waals surface area contributed by atoms with Gasteiger partial charge in [0.25, 0.3) is 0 Å². The third-order valence-corrected chi connectivity index (χ3v) is 5.92. The van der Waals surface area contributed by atoms with E-state index in [2.05, 4.69) is 25.5 Å². The molecule has 1 aromatic heterocycles. The smallest absolute Gasteiger partial charge is 0.210 e. The van der Waals surface area contributed by atoms with Crippen LogP contribution in [0.15, 0.2) is 16.3 Å². The Bertz CT molecular complexity index is 547. The second-order valence-corrected chi connectivity index (χ2v) is 8.43. The Morgan fingerprint density at radius 1 is 1.44 bits per heavy atom. The number of thiophene rings is 1. The van der Waals surface area contributed by atoms with Gasteiger partial charge in [-0.05, 0) is 23.5 Å². The summed E-state index contributed by atoms with van der Waals surface area (Å²) in [5, 5.41) is 8.69. The molecule has 0 fully saturated rings. The average molecular weight is 286 g/mol. The fourth-order valence-electron chi connectivity index (χ4n) is 1.14. The number of nitrogens with one attached hydrogen (secondary N) is 1. The molecule has 18 heavy (non-hydrogen) atoms. The van der Waals surface area contributed by atoms with Crippen molar-refractivity contribution in [2.75, 3.05) is 6.54 Å². The van der Waals surface area contributed by atoms with Gasteiger partial charge in [-0.15, -0.1) is 11.3 Å². The van der Waals surface area contributed by atoms with Crippen molar-refractivity contribution in [3.05, 3.63) is 17.0 Å². The van der Waals surface area contributed by atoms with Crippen LogP contribution in [0.2, 0.25) is 0 Å². The van der Waals surface area contributed by atoms with Crippen molar-refractivity contribution in [3.63, 3.8) is 0 Å². The number of hydrogen-bond acceptors (Lipinski definition) is 4. The molecule has 100 valence electrons. The lowest BCUT2D eigenvalue weighted by Crippen LogP contribution is -2.33. The van der Waals surface area contributed by atoms with Crippen molar-refractivity contribution in [2.24, 2.45) is 11.3 Å². The Hall–Kier alpha value is -0.900. The maximum atomic E-state index is 12.0. The van der Waals surface area contributed by atoms with Gasteiger partial charge in [-0.25, -0.2) is 13.1 Å². The first-order chi connectivity index (χ1) is 8.16. The summed E-state index contributed by atoms with van der Waals surface area (Å²) in [5.41, 5.74) is 0.0514. The predicted octanol–water partition coefficient (Wildman–Crippen LogP) is 2.58. The first-order valence-electron chi connectivity index (χ1n) is 5.66. The van der Waals surface area contributed by atoms with Crippen molar-refractivity contribution in [1.82, 2.24) is 4.72 Å². The zero-order valence-electron chi connectivity index (χ0n) is 11.0. The van der Waals surface area contributed by atoms with E-state index in [-0.39, 0.29) is 15.5 Å². The Morgan fingerprint density at radius 2 is 2.06 bits per heavy atom. The second kappa shape index (κ2) is 5.39. The number of hydrogen-bond donors (Lipinski definition) is 1. The van der Waals surface area contributed by atoms with Crippen LogP contribution in [0.1, 0.15) is 32.6 Å². The average Bonchev–Trinajstić information content (AvgIpc) is 2.73. The van der Waals surface area contributed by atoms with Gasteiger partial charge in [-0.1, -0.05) is 27.7 Å². The van der Waals surface area contributed by atoms with Gasteiger partial charge in [0.1, 0.15) is 15.2 Å². The molecule has 1 atom stereocenters. The highest BCUT2D eigenvalue weighted by Gasteiger charge is 2.23. The minimum Gasteiger partial charge on any atom is -0.210 e. The zero-order chi connectivity index (χ0) is 14.0. The highest BCUT2D eigenvalue weighted by molar-refractivity contribution is 7.91. The van der Waals surface area contributed by atoms with Crippen molar-refractivity contribution < 1.29 is 8.42 Å². The van der Waals surface area contributed by atoms with Crippen LogP contribution in [0, 0.1) is 22.7 Å². The third kappa shape index (κ3) is 3.80. The highest BCUT2D eigenvalue weighted by Crippen LogP contribution is 2.26. The number of sulfonamides is 1. The minimum absolute atomic E-state index is 0.0514. The van der Waals surface area contributed by atoms with E-state index < -0.39 is 10.0 Å². The van der Waals surface area contributed by atoms with Crippen LogP contribution in [0.5, 0.6) is 0 Å². The molecule has 6 heteroatoms. The first-order valence-corrected chi connectivity index (χ1v) is 7.96. The van der Waals surface area contributed by atoms with Crippen molar-refractivity contribution >= 4 is 21.4 Å². The molecule has 0 bridgehead atoms. The Morgan fingerprint density at radius 3 is 2.50 bits per heavy atom. The van der Waals surface area contributed by atoms with Crippen LogP contribution in [-0.4, -0.2) is 15.0 Å². The summed E-state index contributed by atoms with van der Waals surface area (Å²) in [5.74, 6) is 0.225. The molecule has 1 unspecified atom stereocenters. The summed E-state index contributed by atoms with van der Waals surface area (Å²) < 4.78 is 26.8. The molecule has 0 amide bonds. The summed E-state index contributed by atoms with van der Waals surface area (Å²) in [6.45, 7) is 8.63. The predicted molar refractivity (Wildman–Crippen MR) is 72.8 cm³/mol. The molecular weight excluding hydrogens is 268 g/mol. The van der Waals surface area contributed by atoms with Crippen molar-refractivity contribution in [2.45, 2.75) is 31.9 Å². The van der Waals surface area contributed by atoms with E-state index in [1.807, 2.05) is 13.0 Å². The van der Waals surface area contributed by atoms with Gasteiger partial charge < -0.3 is 0 Å². The second-order valence-electron chi connectivity index (χ2n) is 5.35. The molecule has 0 saturated carbocycles. The van der Waals surface area contributed by atoms with E-state index in [1.165, 1.54) is 12.1 Å². The fourth-order valence-corrected chi connectivity index (χ4v) is 3.42. The molecule has 4 nitrogen and oxygen atoms in total. The molecular formula is C12H18N2O2S2. The molecule has 0 aliphatic rings. The molecule has 0 saturated heterocycles. The Balaban J connectivity index is 2.75. The van der Waals surface area contributed by atoms with E-state index in [0.717, 1.165) is 11.3 Å². The monoisotopic (exact) mass is 286 g/mol. The van der Waals surface area contributed by atoms with Crippen molar-refractivity contribution in [3.8, 4) is 6.07 Å². The third-order valence-electron chi connectivity index (χ3n) is 3.01. The highest BCUT2D eigenvalue weighted by atomic mass is 32.2. The quantitative estimate of drug-likeness (QED) is 0.924. The van der Waals surface area contributed by atoms with Crippen LogP contribution in [0.4, 0.5) is 0 Å². The molecule has 1 rings (SSSR count). The van der Waals surface area contributed by atoms with Gasteiger partial charge in [0, 0.05) is 6.54 Å². The summed E-state index contributed by atoms with van der Waals surface area (Å²) in [6.07, 6.45) is 0. The van der Waals surface area contributed by atoms with E-state index >= 15 is 0 Å². The van der Waals surface area contributed by atoms with Gasteiger partial charge in [0.2, 0.25) is 10.0 Å². The van der Waals surface area contributed by atoms with Crippen molar-refractivity contribution in [1.29, 1.82) is 5.26 Å². The van der Waals surface area contributed by atoms with Gasteiger partial charge in [0.15, 0.2) is 0 Å². The molecule has 0 radical (unpaired) electrons.